The summed E-state index contributed by atoms with van der Waals surface area (Å²) >= 11 is 6.13. The number of carbonyl (C=O) groups is 1. The first kappa shape index (κ1) is 18.9. The Balaban J connectivity index is 1.92. The van der Waals surface area contributed by atoms with Crippen LogP contribution < -0.4 is 14.8 Å². The van der Waals surface area contributed by atoms with Crippen molar-refractivity contribution in [2.24, 2.45) is 0 Å². The number of carbonyl (C=O) groups excluding carboxylic acids is 1. The van der Waals surface area contributed by atoms with Gasteiger partial charge in [0.2, 0.25) is 0 Å². The first-order valence-corrected chi connectivity index (χ1v) is 8.29. The standard InChI is InChI=1S/C20H22ClNO3/c1-13(2)11-24-17-7-5-6-16(10-17)22-19(23)12-25-18-8-14(3)20(21)15(4)9-18/h5-10H,1,11-12H2,2-4H3,(H,22,23). The van der Waals surface area contributed by atoms with Crippen LogP contribution in [-0.4, -0.2) is 19.1 Å². The summed E-state index contributed by atoms with van der Waals surface area (Å²) in [5, 5.41) is 3.50. The van der Waals surface area contributed by atoms with Crippen molar-refractivity contribution >= 4 is 23.2 Å². The second kappa shape index (κ2) is 8.58. The van der Waals surface area contributed by atoms with Gasteiger partial charge in [-0.3, -0.25) is 4.79 Å². The van der Waals surface area contributed by atoms with E-state index >= 15 is 0 Å². The fourth-order valence-corrected chi connectivity index (χ4v) is 2.31. The Morgan fingerprint density at radius 3 is 2.36 bits per heavy atom. The minimum Gasteiger partial charge on any atom is -0.489 e. The molecular weight excluding hydrogens is 338 g/mol. The summed E-state index contributed by atoms with van der Waals surface area (Å²) in [5.41, 5.74) is 3.41. The summed E-state index contributed by atoms with van der Waals surface area (Å²) in [6.45, 7) is 9.84. The Labute approximate surface area is 153 Å². The van der Waals surface area contributed by atoms with Gasteiger partial charge in [0.25, 0.3) is 5.91 Å². The molecule has 25 heavy (non-hydrogen) atoms. The molecule has 2 rings (SSSR count). The monoisotopic (exact) mass is 359 g/mol. The topological polar surface area (TPSA) is 47.6 Å². The number of anilines is 1. The zero-order chi connectivity index (χ0) is 18.4. The molecule has 5 heteroatoms. The van der Waals surface area contributed by atoms with Crippen LogP contribution in [-0.2, 0) is 4.79 Å². The van der Waals surface area contributed by atoms with Crippen LogP contribution in [0.15, 0.2) is 48.6 Å². The number of hydrogen-bond donors (Lipinski definition) is 1. The molecule has 0 radical (unpaired) electrons. The lowest BCUT2D eigenvalue weighted by Crippen LogP contribution is -2.20. The van der Waals surface area contributed by atoms with E-state index in [1.807, 2.05) is 45.0 Å². The Morgan fingerprint density at radius 2 is 1.72 bits per heavy atom. The largest absolute Gasteiger partial charge is 0.489 e. The highest BCUT2D eigenvalue weighted by Crippen LogP contribution is 2.26. The van der Waals surface area contributed by atoms with Crippen molar-refractivity contribution in [3.05, 3.63) is 64.7 Å². The van der Waals surface area contributed by atoms with Crippen LogP contribution in [0.1, 0.15) is 18.1 Å². The van der Waals surface area contributed by atoms with E-state index in [0.29, 0.717) is 28.8 Å². The highest BCUT2D eigenvalue weighted by Gasteiger charge is 2.07. The molecule has 2 aromatic rings. The molecule has 0 aliphatic rings. The van der Waals surface area contributed by atoms with E-state index in [9.17, 15) is 4.79 Å². The van der Waals surface area contributed by atoms with Gasteiger partial charge in [-0.15, -0.1) is 0 Å². The molecule has 132 valence electrons. The van der Waals surface area contributed by atoms with E-state index < -0.39 is 0 Å². The highest BCUT2D eigenvalue weighted by atomic mass is 35.5. The average Bonchev–Trinajstić information content (AvgIpc) is 2.56. The summed E-state index contributed by atoms with van der Waals surface area (Å²) in [6, 6.07) is 10.8. The van der Waals surface area contributed by atoms with E-state index in [4.69, 9.17) is 21.1 Å². The van der Waals surface area contributed by atoms with Crippen LogP contribution in [0.3, 0.4) is 0 Å². The quantitative estimate of drug-likeness (QED) is 0.713. The predicted octanol–water partition coefficient (Wildman–Crippen LogP) is 4.93. The second-order valence-electron chi connectivity index (χ2n) is 5.98. The van der Waals surface area contributed by atoms with Gasteiger partial charge in [-0.2, -0.15) is 0 Å². The Bertz CT molecular complexity index is 763. The molecule has 1 N–H and O–H groups in total. The number of benzene rings is 2. The average molecular weight is 360 g/mol. The third-order valence-corrected chi connectivity index (χ3v) is 3.98. The van der Waals surface area contributed by atoms with E-state index in [0.717, 1.165) is 16.7 Å². The molecule has 2 aromatic carbocycles. The van der Waals surface area contributed by atoms with Crippen LogP contribution in [0.5, 0.6) is 11.5 Å². The molecule has 0 heterocycles. The van der Waals surface area contributed by atoms with Gasteiger partial charge in [-0.25, -0.2) is 0 Å². The van der Waals surface area contributed by atoms with E-state index in [-0.39, 0.29) is 12.5 Å². The molecule has 0 aromatic heterocycles. The van der Waals surface area contributed by atoms with Crippen LogP contribution in [0, 0.1) is 13.8 Å². The molecule has 0 saturated heterocycles. The Hall–Kier alpha value is -2.46. The molecular formula is C20H22ClNO3. The maximum atomic E-state index is 12.1. The smallest absolute Gasteiger partial charge is 0.262 e. The molecule has 4 nitrogen and oxygen atoms in total. The van der Waals surface area contributed by atoms with Crippen molar-refractivity contribution in [2.75, 3.05) is 18.5 Å². The summed E-state index contributed by atoms with van der Waals surface area (Å²) in [7, 11) is 0. The number of hydrogen-bond acceptors (Lipinski definition) is 3. The van der Waals surface area contributed by atoms with E-state index in [1.165, 1.54) is 0 Å². The first-order chi connectivity index (χ1) is 11.8. The second-order valence-corrected chi connectivity index (χ2v) is 6.36. The van der Waals surface area contributed by atoms with Gasteiger partial charge in [0.15, 0.2) is 6.61 Å². The first-order valence-electron chi connectivity index (χ1n) is 7.92. The Kier molecular flexibility index (Phi) is 6.48. The SMILES string of the molecule is C=C(C)COc1cccc(NC(=O)COc2cc(C)c(Cl)c(C)c2)c1. The van der Waals surface area contributed by atoms with Gasteiger partial charge in [-0.05, 0) is 61.7 Å². The lowest BCUT2D eigenvalue weighted by Gasteiger charge is -2.11. The molecule has 0 aliphatic heterocycles. The van der Waals surface area contributed by atoms with Gasteiger partial charge in [0, 0.05) is 16.8 Å². The summed E-state index contributed by atoms with van der Waals surface area (Å²) in [4.78, 5) is 12.1. The fraction of sp³-hybridized carbons (Fsp3) is 0.250. The van der Waals surface area contributed by atoms with Crippen LogP contribution in [0.2, 0.25) is 5.02 Å². The zero-order valence-electron chi connectivity index (χ0n) is 14.7. The molecule has 0 unspecified atom stereocenters. The minimum atomic E-state index is -0.248. The van der Waals surface area contributed by atoms with E-state index in [1.54, 1.807) is 12.1 Å². The van der Waals surface area contributed by atoms with Gasteiger partial charge in [0.05, 0.1) is 0 Å². The van der Waals surface area contributed by atoms with Gasteiger partial charge >= 0.3 is 0 Å². The molecule has 1 amide bonds. The molecule has 0 atom stereocenters. The Morgan fingerprint density at radius 1 is 1.08 bits per heavy atom. The van der Waals surface area contributed by atoms with Crippen molar-refractivity contribution < 1.29 is 14.3 Å². The van der Waals surface area contributed by atoms with Crippen LogP contribution in [0.25, 0.3) is 0 Å². The molecule has 0 fully saturated rings. The fourth-order valence-electron chi connectivity index (χ4n) is 2.21. The molecule has 0 saturated carbocycles. The third-order valence-electron chi connectivity index (χ3n) is 3.38. The van der Waals surface area contributed by atoms with E-state index in [2.05, 4.69) is 11.9 Å². The van der Waals surface area contributed by atoms with Crippen molar-refractivity contribution in [3.63, 3.8) is 0 Å². The number of amides is 1. The van der Waals surface area contributed by atoms with Gasteiger partial charge in [-0.1, -0.05) is 24.2 Å². The van der Waals surface area contributed by atoms with Crippen LogP contribution >= 0.6 is 11.6 Å². The predicted molar refractivity (Wildman–Crippen MR) is 102 cm³/mol. The van der Waals surface area contributed by atoms with Crippen LogP contribution in [0.4, 0.5) is 5.69 Å². The maximum Gasteiger partial charge on any atom is 0.262 e. The minimum absolute atomic E-state index is 0.0859. The summed E-state index contributed by atoms with van der Waals surface area (Å²) in [5.74, 6) is 1.04. The molecule has 0 aliphatic carbocycles. The summed E-state index contributed by atoms with van der Waals surface area (Å²) in [6.07, 6.45) is 0. The maximum absolute atomic E-state index is 12.1. The lowest BCUT2D eigenvalue weighted by atomic mass is 10.1. The molecule has 0 bridgehead atoms. The number of aryl methyl sites for hydroxylation is 2. The van der Waals surface area contributed by atoms with Gasteiger partial charge < -0.3 is 14.8 Å². The number of nitrogens with one attached hydrogen (secondary N) is 1. The number of halogens is 1. The van der Waals surface area contributed by atoms with Crippen molar-refractivity contribution in [3.8, 4) is 11.5 Å². The number of ether oxygens (including phenoxy) is 2. The molecule has 0 spiro atoms. The van der Waals surface area contributed by atoms with Crippen molar-refractivity contribution in [1.82, 2.24) is 0 Å². The van der Waals surface area contributed by atoms with Crippen molar-refractivity contribution in [2.45, 2.75) is 20.8 Å². The lowest BCUT2D eigenvalue weighted by molar-refractivity contribution is -0.118. The van der Waals surface area contributed by atoms with Gasteiger partial charge in [0.1, 0.15) is 18.1 Å². The summed E-state index contributed by atoms with van der Waals surface area (Å²) < 4.78 is 11.1. The number of rotatable bonds is 7. The zero-order valence-corrected chi connectivity index (χ0v) is 15.4. The normalized spacial score (nSPS) is 10.2. The third kappa shape index (κ3) is 5.84. The highest BCUT2D eigenvalue weighted by molar-refractivity contribution is 6.32. The van der Waals surface area contributed by atoms with Crippen molar-refractivity contribution in [1.29, 1.82) is 0 Å².